The first-order valence-corrected chi connectivity index (χ1v) is 18.0. The lowest BCUT2D eigenvalue weighted by atomic mass is 9.81. The van der Waals surface area contributed by atoms with Crippen molar-refractivity contribution in [2.24, 2.45) is 0 Å². The van der Waals surface area contributed by atoms with Crippen molar-refractivity contribution in [3.8, 4) is 33.6 Å². The van der Waals surface area contributed by atoms with Crippen LogP contribution in [0.15, 0.2) is 127 Å². The van der Waals surface area contributed by atoms with E-state index in [4.69, 9.17) is 0 Å². The highest BCUT2D eigenvalue weighted by Crippen LogP contribution is 2.45. The normalized spacial score (nSPS) is 11.8. The molecule has 0 spiro atoms. The zero-order chi connectivity index (χ0) is 35.1. The Morgan fingerprint density at radius 2 is 0.588 bits per heavy atom. The maximum Gasteiger partial charge on any atom is 0.0541 e. The van der Waals surface area contributed by atoms with Gasteiger partial charge in [0.2, 0.25) is 0 Å². The van der Waals surface area contributed by atoms with E-state index in [1.165, 1.54) is 116 Å². The van der Waals surface area contributed by atoms with Crippen LogP contribution in [0.2, 0.25) is 0 Å². The van der Waals surface area contributed by atoms with Crippen LogP contribution < -0.4 is 0 Å². The summed E-state index contributed by atoms with van der Waals surface area (Å²) in [5.74, 6) is 0. The molecule has 0 radical (unpaired) electrons. The van der Waals surface area contributed by atoms with Crippen molar-refractivity contribution in [3.05, 3.63) is 166 Å². The topological polar surface area (TPSA) is 9.86 Å². The molecule has 0 N–H and O–H groups in total. The van der Waals surface area contributed by atoms with Crippen LogP contribution in [-0.4, -0.2) is 9.13 Å². The molecular weight excluding hydrogens is 617 g/mol. The molecule has 0 bridgehead atoms. The maximum absolute atomic E-state index is 2.46. The predicted octanol–water partition coefficient (Wildman–Crippen LogP) is 13.4. The van der Waals surface area contributed by atoms with E-state index in [1.54, 1.807) is 0 Å². The fraction of sp³-hybridized carbons (Fsp3) is 0.143. The van der Waals surface area contributed by atoms with Crippen molar-refractivity contribution in [1.82, 2.24) is 9.13 Å². The van der Waals surface area contributed by atoms with Gasteiger partial charge in [-0.25, -0.2) is 0 Å². The molecule has 248 valence electrons. The molecule has 0 aliphatic rings. The summed E-state index contributed by atoms with van der Waals surface area (Å²) in [4.78, 5) is 0. The predicted molar refractivity (Wildman–Crippen MR) is 219 cm³/mol. The van der Waals surface area contributed by atoms with Gasteiger partial charge in [-0.2, -0.15) is 0 Å². The van der Waals surface area contributed by atoms with Crippen LogP contribution in [0.3, 0.4) is 0 Å². The number of benzene rings is 7. The average molecular weight is 659 g/mol. The Labute approximate surface area is 300 Å². The molecule has 2 nitrogen and oxygen atoms in total. The molecular formula is C49H42N2. The van der Waals surface area contributed by atoms with Crippen molar-refractivity contribution in [2.75, 3.05) is 0 Å². The highest BCUT2D eigenvalue weighted by Gasteiger charge is 2.24. The van der Waals surface area contributed by atoms with Crippen LogP contribution in [-0.2, 0) is 0 Å². The first-order valence-electron chi connectivity index (χ1n) is 18.0. The molecule has 0 saturated carbocycles. The largest absolute Gasteiger partial charge is 0.309 e. The Morgan fingerprint density at radius 1 is 0.294 bits per heavy atom. The van der Waals surface area contributed by atoms with Gasteiger partial charge in [-0.3, -0.25) is 0 Å². The number of aryl methyl sites for hydroxylation is 4. The van der Waals surface area contributed by atoms with Crippen LogP contribution in [0.5, 0.6) is 0 Å². The van der Waals surface area contributed by atoms with Gasteiger partial charge in [-0.15, -0.1) is 0 Å². The second kappa shape index (κ2) is 11.6. The Hall–Kier alpha value is -5.86. The van der Waals surface area contributed by atoms with E-state index in [2.05, 4.69) is 185 Å². The number of hydrogen-bond acceptors (Lipinski definition) is 0. The third-order valence-corrected chi connectivity index (χ3v) is 11.4. The lowest BCUT2D eigenvalue weighted by Crippen LogP contribution is -2.05. The minimum Gasteiger partial charge on any atom is -0.309 e. The second-order valence-electron chi connectivity index (χ2n) is 14.4. The zero-order valence-electron chi connectivity index (χ0n) is 30.5. The molecule has 51 heavy (non-hydrogen) atoms. The van der Waals surface area contributed by atoms with Crippen molar-refractivity contribution in [1.29, 1.82) is 0 Å². The van der Waals surface area contributed by atoms with E-state index < -0.39 is 0 Å². The molecule has 9 rings (SSSR count). The van der Waals surface area contributed by atoms with Gasteiger partial charge in [0.05, 0.1) is 22.1 Å². The molecule has 0 aliphatic carbocycles. The van der Waals surface area contributed by atoms with Crippen LogP contribution in [0.1, 0.15) is 38.9 Å². The van der Waals surface area contributed by atoms with Gasteiger partial charge in [0.15, 0.2) is 0 Å². The Balaban J connectivity index is 1.30. The summed E-state index contributed by atoms with van der Waals surface area (Å²) in [5.41, 5.74) is 21.9. The summed E-state index contributed by atoms with van der Waals surface area (Å²) >= 11 is 0. The Kier molecular flexibility index (Phi) is 7.09. The maximum atomic E-state index is 2.46. The summed E-state index contributed by atoms with van der Waals surface area (Å²) in [6.07, 6.45) is 0. The smallest absolute Gasteiger partial charge is 0.0541 e. The number of aromatic nitrogens is 2. The van der Waals surface area contributed by atoms with E-state index in [-0.39, 0.29) is 0 Å². The molecule has 9 aromatic rings. The number of rotatable bonds is 4. The SMILES string of the molecule is Cc1ccc(-n2c3ccccc3c3ccccc32)c(C)c1-c1c(C)cc(C)c(-c2c(C)ccc(-n3c4ccccc4c4ccccc43)c2C)c1C. The number of para-hydroxylation sites is 4. The van der Waals surface area contributed by atoms with Crippen molar-refractivity contribution in [2.45, 2.75) is 48.5 Å². The number of hydrogen-bond donors (Lipinski definition) is 0. The standard InChI is InChI=1S/C49H42N2/c1-29-24-26-40(50-42-20-12-8-16-36(42)37-17-9-13-21-43(37)50)33(5)46(29)48-31(3)28-32(4)49(35(48)7)47-30(2)25-27-41(34(47)6)51-44-22-14-10-18-38(44)39-19-11-15-23-45(39)51/h8-28H,1-7H3. The molecule has 0 unspecified atom stereocenters. The van der Waals surface area contributed by atoms with Gasteiger partial charge in [-0.05, 0) is 146 Å². The molecule has 0 aliphatic heterocycles. The quantitative estimate of drug-likeness (QED) is 0.178. The lowest BCUT2D eigenvalue weighted by molar-refractivity contribution is 1.14. The van der Waals surface area contributed by atoms with Crippen molar-refractivity contribution < 1.29 is 0 Å². The number of nitrogens with zero attached hydrogens (tertiary/aromatic N) is 2. The summed E-state index contributed by atoms with van der Waals surface area (Å²) in [5, 5.41) is 5.14. The molecule has 7 aromatic carbocycles. The van der Waals surface area contributed by atoms with E-state index in [9.17, 15) is 0 Å². The second-order valence-corrected chi connectivity index (χ2v) is 14.4. The third kappa shape index (κ3) is 4.49. The fourth-order valence-electron chi connectivity index (χ4n) is 9.25. The van der Waals surface area contributed by atoms with Crippen molar-refractivity contribution >= 4 is 43.6 Å². The van der Waals surface area contributed by atoms with Gasteiger partial charge < -0.3 is 9.13 Å². The van der Waals surface area contributed by atoms with Crippen LogP contribution >= 0.6 is 0 Å². The summed E-state index contributed by atoms with van der Waals surface area (Å²) in [6, 6.07) is 46.9. The van der Waals surface area contributed by atoms with Gasteiger partial charge in [0.25, 0.3) is 0 Å². The molecule has 0 fully saturated rings. The van der Waals surface area contributed by atoms with Crippen LogP contribution in [0, 0.1) is 48.5 Å². The van der Waals surface area contributed by atoms with E-state index in [0.717, 1.165) is 0 Å². The number of fused-ring (bicyclic) bond motifs is 6. The highest BCUT2D eigenvalue weighted by molar-refractivity contribution is 6.10. The summed E-state index contributed by atoms with van der Waals surface area (Å²) in [7, 11) is 0. The monoisotopic (exact) mass is 658 g/mol. The van der Waals surface area contributed by atoms with E-state index in [1.807, 2.05) is 0 Å². The molecule has 0 saturated heterocycles. The van der Waals surface area contributed by atoms with Gasteiger partial charge in [0, 0.05) is 32.9 Å². The minimum absolute atomic E-state index is 1.23. The fourth-order valence-corrected chi connectivity index (χ4v) is 9.25. The zero-order valence-corrected chi connectivity index (χ0v) is 30.5. The van der Waals surface area contributed by atoms with Gasteiger partial charge in [-0.1, -0.05) is 91.0 Å². The molecule has 0 atom stereocenters. The first-order chi connectivity index (χ1) is 24.8. The Morgan fingerprint density at radius 3 is 0.922 bits per heavy atom. The lowest BCUT2D eigenvalue weighted by Gasteiger charge is -2.25. The summed E-state index contributed by atoms with van der Waals surface area (Å²) in [6.45, 7) is 16.1. The third-order valence-electron chi connectivity index (χ3n) is 11.4. The van der Waals surface area contributed by atoms with Crippen LogP contribution in [0.25, 0.3) is 77.2 Å². The summed E-state index contributed by atoms with van der Waals surface area (Å²) < 4.78 is 4.93. The molecule has 2 heteroatoms. The van der Waals surface area contributed by atoms with E-state index >= 15 is 0 Å². The van der Waals surface area contributed by atoms with Crippen LogP contribution in [0.4, 0.5) is 0 Å². The molecule has 0 amide bonds. The van der Waals surface area contributed by atoms with E-state index in [0.29, 0.717) is 0 Å². The first kappa shape index (κ1) is 31.1. The van der Waals surface area contributed by atoms with Crippen molar-refractivity contribution in [3.63, 3.8) is 0 Å². The Bertz CT molecular complexity index is 2570. The minimum atomic E-state index is 1.23. The van der Waals surface area contributed by atoms with Gasteiger partial charge >= 0.3 is 0 Å². The van der Waals surface area contributed by atoms with Gasteiger partial charge in [0.1, 0.15) is 0 Å². The highest BCUT2D eigenvalue weighted by atomic mass is 15.0. The average Bonchev–Trinajstić information content (AvgIpc) is 3.64. The molecule has 2 heterocycles. The molecule has 2 aromatic heterocycles.